The van der Waals surface area contributed by atoms with E-state index in [9.17, 15) is 9.59 Å². The predicted octanol–water partition coefficient (Wildman–Crippen LogP) is 1.42. The second-order valence-corrected chi connectivity index (χ2v) is 6.72. The number of carbonyl (C=O) groups excluding carboxylic acids is 2. The van der Waals surface area contributed by atoms with Crippen molar-refractivity contribution in [3.8, 4) is 0 Å². The van der Waals surface area contributed by atoms with Crippen molar-refractivity contribution < 1.29 is 19.1 Å². The van der Waals surface area contributed by atoms with E-state index in [2.05, 4.69) is 17.1 Å². The molecule has 0 aromatic heterocycles. The molecule has 5 nitrogen and oxygen atoms in total. The molecule has 4 aliphatic rings. The summed E-state index contributed by atoms with van der Waals surface area (Å²) in [5.74, 6) is -0.319. The molecule has 1 aromatic rings. The zero-order valence-electron chi connectivity index (χ0n) is 12.7. The minimum Gasteiger partial charge on any atom is -0.353 e. The molecule has 118 valence electrons. The Bertz CT molecular complexity index is 742. The summed E-state index contributed by atoms with van der Waals surface area (Å²) in [4.78, 5) is 27.4. The van der Waals surface area contributed by atoms with Crippen LogP contribution in [0.1, 0.15) is 12.5 Å². The van der Waals surface area contributed by atoms with Crippen molar-refractivity contribution in [3.05, 3.63) is 35.9 Å². The lowest BCUT2D eigenvalue weighted by Gasteiger charge is -2.35. The van der Waals surface area contributed by atoms with Gasteiger partial charge in [0.25, 0.3) is 0 Å². The zero-order chi connectivity index (χ0) is 15.7. The summed E-state index contributed by atoms with van der Waals surface area (Å²) < 4.78 is 11.2. The molecule has 5 heteroatoms. The Balaban J connectivity index is 1.69. The van der Waals surface area contributed by atoms with Crippen molar-refractivity contribution in [2.75, 3.05) is 11.5 Å². The molecule has 4 heterocycles. The van der Waals surface area contributed by atoms with Crippen molar-refractivity contribution in [2.24, 2.45) is 11.8 Å². The zero-order valence-corrected chi connectivity index (χ0v) is 12.7. The van der Waals surface area contributed by atoms with Gasteiger partial charge in [0.2, 0.25) is 6.29 Å². The molecule has 4 aliphatic heterocycles. The molecule has 23 heavy (non-hydrogen) atoms. The summed E-state index contributed by atoms with van der Waals surface area (Å²) in [5, 5.41) is 0. The number of ketones is 2. The first kappa shape index (κ1) is 13.5. The first-order valence-electron chi connectivity index (χ1n) is 8.03. The molecule has 0 spiro atoms. The number of para-hydroxylation sites is 1. The highest BCUT2D eigenvalue weighted by atomic mass is 16.7. The minimum absolute atomic E-state index is 0.0217. The van der Waals surface area contributed by atoms with Crippen LogP contribution in [0.4, 0.5) is 5.69 Å². The second kappa shape index (κ2) is 4.52. The molecule has 2 bridgehead atoms. The Hall–Kier alpha value is -1.98. The van der Waals surface area contributed by atoms with Gasteiger partial charge in [-0.1, -0.05) is 30.4 Å². The lowest BCUT2D eigenvalue weighted by atomic mass is 9.78. The molecule has 0 N–H and O–H groups in total. The Morgan fingerprint density at radius 2 is 2.13 bits per heavy atom. The first-order valence-corrected chi connectivity index (χ1v) is 8.03. The number of carbonyl (C=O) groups is 2. The van der Waals surface area contributed by atoms with Gasteiger partial charge in [0, 0.05) is 11.6 Å². The third-order valence-electron chi connectivity index (χ3n) is 5.57. The molecule has 3 unspecified atom stereocenters. The van der Waals surface area contributed by atoms with Crippen LogP contribution in [0.2, 0.25) is 0 Å². The highest BCUT2D eigenvalue weighted by Gasteiger charge is 2.62. The minimum atomic E-state index is -0.751. The number of anilines is 1. The van der Waals surface area contributed by atoms with Crippen LogP contribution >= 0.6 is 0 Å². The highest BCUT2D eigenvalue weighted by Crippen LogP contribution is 2.50. The number of benzene rings is 1. The van der Waals surface area contributed by atoms with Crippen LogP contribution in [0.5, 0.6) is 0 Å². The molecule has 3 fully saturated rings. The molecule has 0 radical (unpaired) electrons. The maximum Gasteiger partial charge on any atom is 0.218 e. The van der Waals surface area contributed by atoms with Gasteiger partial charge >= 0.3 is 0 Å². The van der Waals surface area contributed by atoms with Gasteiger partial charge in [-0.15, -0.1) is 0 Å². The fourth-order valence-electron chi connectivity index (χ4n) is 4.74. The average molecular weight is 311 g/mol. The van der Waals surface area contributed by atoms with E-state index in [4.69, 9.17) is 9.47 Å². The maximum atomic E-state index is 12.8. The Kier molecular flexibility index (Phi) is 2.65. The SMILES string of the molecule is CC(=O)C1[C@H]2C3COC(O3)C(=O)[C@H]2[C@H]2C=Cc3ccccc3N12. The van der Waals surface area contributed by atoms with Gasteiger partial charge < -0.3 is 14.4 Å². The van der Waals surface area contributed by atoms with Crippen LogP contribution in [-0.4, -0.2) is 42.7 Å². The molecule has 5 rings (SSSR count). The third-order valence-corrected chi connectivity index (χ3v) is 5.57. The van der Waals surface area contributed by atoms with Gasteiger partial charge in [-0.3, -0.25) is 9.59 Å². The molecular weight excluding hydrogens is 294 g/mol. The number of Topliss-reactive ketones (excluding diaryl/α,β-unsaturated/α-hetero) is 2. The van der Waals surface area contributed by atoms with E-state index in [1.165, 1.54) is 0 Å². The van der Waals surface area contributed by atoms with E-state index in [0.717, 1.165) is 11.3 Å². The van der Waals surface area contributed by atoms with Crippen LogP contribution in [0.25, 0.3) is 6.08 Å². The molecule has 3 saturated heterocycles. The van der Waals surface area contributed by atoms with Crippen molar-refractivity contribution >= 4 is 23.3 Å². The number of rotatable bonds is 1. The number of hydrogen-bond donors (Lipinski definition) is 0. The number of fused-ring (bicyclic) bond motifs is 8. The third kappa shape index (κ3) is 1.64. The summed E-state index contributed by atoms with van der Waals surface area (Å²) in [7, 11) is 0. The summed E-state index contributed by atoms with van der Waals surface area (Å²) in [6, 6.07) is 7.59. The van der Waals surface area contributed by atoms with Crippen LogP contribution < -0.4 is 4.90 Å². The quantitative estimate of drug-likeness (QED) is 0.785. The van der Waals surface area contributed by atoms with E-state index in [1.807, 2.05) is 24.3 Å². The summed E-state index contributed by atoms with van der Waals surface area (Å²) >= 11 is 0. The monoisotopic (exact) mass is 311 g/mol. The summed E-state index contributed by atoms with van der Waals surface area (Å²) in [6.07, 6.45) is 3.19. The van der Waals surface area contributed by atoms with Crippen LogP contribution in [0.3, 0.4) is 0 Å². The molecular formula is C18H17NO4. The number of ether oxygens (including phenoxy) is 2. The van der Waals surface area contributed by atoms with E-state index >= 15 is 0 Å². The van der Waals surface area contributed by atoms with Crippen molar-refractivity contribution in [1.29, 1.82) is 0 Å². The normalized spacial score (nSPS) is 39.9. The van der Waals surface area contributed by atoms with Gasteiger partial charge in [0.15, 0.2) is 11.6 Å². The molecule has 0 amide bonds. The lowest BCUT2D eigenvalue weighted by molar-refractivity contribution is -0.164. The van der Waals surface area contributed by atoms with Gasteiger partial charge in [0.05, 0.1) is 30.7 Å². The second-order valence-electron chi connectivity index (χ2n) is 6.72. The topological polar surface area (TPSA) is 55.8 Å². The maximum absolute atomic E-state index is 12.8. The fraction of sp³-hybridized carbons (Fsp3) is 0.444. The van der Waals surface area contributed by atoms with E-state index in [0.29, 0.717) is 6.61 Å². The van der Waals surface area contributed by atoms with Crippen molar-refractivity contribution in [1.82, 2.24) is 0 Å². The largest absolute Gasteiger partial charge is 0.353 e. The van der Waals surface area contributed by atoms with Crippen molar-refractivity contribution in [3.63, 3.8) is 0 Å². The lowest BCUT2D eigenvalue weighted by Crippen LogP contribution is -2.48. The average Bonchev–Trinajstić information content (AvgIpc) is 3.13. The van der Waals surface area contributed by atoms with Crippen LogP contribution in [0.15, 0.2) is 30.3 Å². The fourth-order valence-corrected chi connectivity index (χ4v) is 4.74. The van der Waals surface area contributed by atoms with E-state index < -0.39 is 6.29 Å². The van der Waals surface area contributed by atoms with E-state index in [-0.39, 0.29) is 41.6 Å². The van der Waals surface area contributed by atoms with Crippen molar-refractivity contribution in [2.45, 2.75) is 31.4 Å². The van der Waals surface area contributed by atoms with Gasteiger partial charge in [-0.25, -0.2) is 0 Å². The predicted molar refractivity (Wildman–Crippen MR) is 82.8 cm³/mol. The first-order chi connectivity index (χ1) is 11.2. The summed E-state index contributed by atoms with van der Waals surface area (Å²) in [5.41, 5.74) is 2.11. The van der Waals surface area contributed by atoms with Crippen LogP contribution in [-0.2, 0) is 19.1 Å². The number of hydrogen-bond acceptors (Lipinski definition) is 5. The summed E-state index contributed by atoms with van der Waals surface area (Å²) in [6.45, 7) is 2.00. The molecule has 1 aromatic carbocycles. The highest BCUT2D eigenvalue weighted by molar-refractivity contribution is 5.95. The van der Waals surface area contributed by atoms with Gasteiger partial charge in [-0.05, 0) is 18.6 Å². The Morgan fingerprint density at radius 1 is 1.30 bits per heavy atom. The van der Waals surface area contributed by atoms with Gasteiger partial charge in [0.1, 0.15) is 0 Å². The van der Waals surface area contributed by atoms with E-state index in [1.54, 1.807) is 6.92 Å². The molecule has 6 atom stereocenters. The Labute approximate surface area is 133 Å². The number of nitrogens with zero attached hydrogens (tertiary/aromatic N) is 1. The van der Waals surface area contributed by atoms with Crippen LogP contribution in [0, 0.1) is 11.8 Å². The molecule has 0 saturated carbocycles. The molecule has 0 aliphatic carbocycles. The standard InChI is InChI=1S/C18H17NO4/c1-9(20)16-15-13-8-22-18(23-13)17(21)14(15)12-7-6-10-4-2-3-5-11(10)19(12)16/h2-7,12-16,18H,8H2,1H3/t12-,13?,14+,15+,16?,18?/m1/s1. The van der Waals surface area contributed by atoms with Gasteiger partial charge in [-0.2, -0.15) is 0 Å². The Morgan fingerprint density at radius 3 is 2.96 bits per heavy atom. The smallest absolute Gasteiger partial charge is 0.218 e.